The highest BCUT2D eigenvalue weighted by Crippen LogP contribution is 2.28. The normalized spacial score (nSPS) is 9.92. The first kappa shape index (κ1) is 33.2. The lowest BCUT2D eigenvalue weighted by atomic mass is 9.91. The Bertz CT molecular complexity index is 874. The Labute approximate surface area is 216 Å². The molecule has 2 aromatic rings. The average Bonchev–Trinajstić information content (AvgIpc) is 2.92. The molecular weight excluding hydrogens is 456 g/mol. The van der Waals surface area contributed by atoms with Crippen molar-refractivity contribution < 1.29 is 30.6 Å². The van der Waals surface area contributed by atoms with E-state index in [9.17, 15) is 5.11 Å². The summed E-state index contributed by atoms with van der Waals surface area (Å²) in [6.45, 7) is 9.95. The number of hydrogen-bond donors (Lipinski definition) is 5. The Kier molecular flexibility index (Phi) is 19.9. The molecule has 200 valence electrons. The molecule has 0 saturated heterocycles. The van der Waals surface area contributed by atoms with E-state index in [4.69, 9.17) is 25.5 Å². The fraction of sp³-hybridized carbons (Fsp3) is 0.433. The van der Waals surface area contributed by atoms with Crippen molar-refractivity contribution in [2.45, 2.75) is 71.1 Å². The fourth-order valence-electron chi connectivity index (χ4n) is 3.86. The standard InChI is InChI=1S/C29H40O2.CH2O2.H2O2/c1-4-5-6-7-8-9-28-20-26(13-11-24(3)22-31)16-19-29(28)27-17-14-25(15-18-27)12-10-23(2)21-30;2-1-3;1-2/h14-20,30-31H,2-13,21-22H2,1H3;1H,(H,2,3);1-2H. The maximum absolute atomic E-state index is 9.24. The summed E-state index contributed by atoms with van der Waals surface area (Å²) >= 11 is 0. The summed E-state index contributed by atoms with van der Waals surface area (Å²) in [6, 6.07) is 15.7. The van der Waals surface area contributed by atoms with Crippen LogP contribution in [-0.2, 0) is 24.1 Å². The fourth-order valence-corrected chi connectivity index (χ4v) is 3.86. The lowest BCUT2D eigenvalue weighted by Crippen LogP contribution is -1.97. The van der Waals surface area contributed by atoms with Gasteiger partial charge in [0.25, 0.3) is 6.47 Å². The van der Waals surface area contributed by atoms with Crippen molar-refractivity contribution in [2.24, 2.45) is 0 Å². The molecule has 0 aromatic heterocycles. The van der Waals surface area contributed by atoms with Gasteiger partial charge in [0.05, 0.1) is 13.2 Å². The molecule has 5 N–H and O–H groups in total. The van der Waals surface area contributed by atoms with Crippen molar-refractivity contribution >= 4 is 6.47 Å². The second-order valence-electron chi connectivity index (χ2n) is 8.77. The third-order valence-corrected chi connectivity index (χ3v) is 5.97. The highest BCUT2D eigenvalue weighted by Gasteiger charge is 2.08. The molecule has 0 spiro atoms. The topological polar surface area (TPSA) is 118 Å². The SMILES string of the molecule is C=C(CO)CCc1ccc(-c2ccc(CCC(=C)CO)cc2CCCCCCC)cc1.O=CO.OO. The van der Waals surface area contributed by atoms with E-state index in [0.29, 0.717) is 0 Å². The Morgan fingerprint density at radius 2 is 1.28 bits per heavy atom. The van der Waals surface area contributed by atoms with E-state index >= 15 is 0 Å². The molecule has 0 radical (unpaired) electrons. The van der Waals surface area contributed by atoms with Gasteiger partial charge in [-0.1, -0.05) is 99.4 Å². The zero-order valence-electron chi connectivity index (χ0n) is 21.7. The molecule has 36 heavy (non-hydrogen) atoms. The smallest absolute Gasteiger partial charge is 0.290 e. The summed E-state index contributed by atoms with van der Waals surface area (Å²) in [7, 11) is 0. The average molecular weight is 501 g/mol. The number of carbonyl (C=O) groups is 1. The van der Waals surface area contributed by atoms with Crippen molar-refractivity contribution in [1.29, 1.82) is 0 Å². The highest BCUT2D eigenvalue weighted by molar-refractivity contribution is 5.68. The number of carboxylic acid groups (broad SMARTS) is 1. The minimum absolute atomic E-state index is 0.0672. The first-order chi connectivity index (χ1) is 17.5. The summed E-state index contributed by atoms with van der Waals surface area (Å²) in [4.78, 5) is 8.36. The summed E-state index contributed by atoms with van der Waals surface area (Å²) in [5.41, 5.74) is 8.38. The van der Waals surface area contributed by atoms with E-state index in [1.165, 1.54) is 59.9 Å². The minimum atomic E-state index is -0.250. The molecule has 0 atom stereocenters. The predicted octanol–water partition coefficient (Wildman–Crippen LogP) is 6.55. The van der Waals surface area contributed by atoms with E-state index in [0.717, 1.165) is 43.3 Å². The number of benzene rings is 2. The van der Waals surface area contributed by atoms with Crippen LogP contribution in [0.15, 0.2) is 66.8 Å². The number of hydrogen-bond acceptors (Lipinski definition) is 5. The van der Waals surface area contributed by atoms with Crippen molar-refractivity contribution in [2.75, 3.05) is 13.2 Å². The molecule has 0 amide bonds. The molecule has 2 rings (SSSR count). The highest BCUT2D eigenvalue weighted by atomic mass is 17.0. The zero-order valence-corrected chi connectivity index (χ0v) is 21.7. The van der Waals surface area contributed by atoms with Crippen LogP contribution in [0.4, 0.5) is 0 Å². The Balaban J connectivity index is 0.00000227. The lowest BCUT2D eigenvalue weighted by molar-refractivity contribution is -0.176. The number of unbranched alkanes of at least 4 members (excludes halogenated alkanes) is 4. The van der Waals surface area contributed by atoms with E-state index in [2.05, 4.69) is 62.5 Å². The van der Waals surface area contributed by atoms with Gasteiger partial charge in [-0.05, 0) is 66.3 Å². The molecule has 6 heteroatoms. The molecular formula is C30H44O6. The third kappa shape index (κ3) is 14.0. The van der Waals surface area contributed by atoms with E-state index in [-0.39, 0.29) is 19.7 Å². The Hall–Kier alpha value is -2.77. The van der Waals surface area contributed by atoms with Crippen molar-refractivity contribution in [1.82, 2.24) is 0 Å². The van der Waals surface area contributed by atoms with Gasteiger partial charge in [-0.15, -0.1) is 0 Å². The summed E-state index contributed by atoms with van der Waals surface area (Å²) in [5.74, 6) is 0. The molecule has 0 aliphatic heterocycles. The van der Waals surface area contributed by atoms with Crippen LogP contribution in [0.3, 0.4) is 0 Å². The van der Waals surface area contributed by atoms with Gasteiger partial charge >= 0.3 is 0 Å². The largest absolute Gasteiger partial charge is 0.483 e. The summed E-state index contributed by atoms with van der Waals surface area (Å²) < 4.78 is 0. The van der Waals surface area contributed by atoms with Gasteiger partial charge in [0, 0.05) is 0 Å². The van der Waals surface area contributed by atoms with Crippen LogP contribution < -0.4 is 0 Å². The van der Waals surface area contributed by atoms with Gasteiger partial charge in [0.1, 0.15) is 0 Å². The van der Waals surface area contributed by atoms with Crippen LogP contribution in [0.25, 0.3) is 11.1 Å². The first-order valence-corrected chi connectivity index (χ1v) is 12.5. The maximum atomic E-state index is 9.24. The predicted molar refractivity (Wildman–Crippen MR) is 147 cm³/mol. The molecule has 0 fully saturated rings. The van der Waals surface area contributed by atoms with E-state index in [1.54, 1.807) is 0 Å². The van der Waals surface area contributed by atoms with E-state index in [1.807, 2.05) is 0 Å². The van der Waals surface area contributed by atoms with Gasteiger partial charge in [0.2, 0.25) is 0 Å². The first-order valence-electron chi connectivity index (χ1n) is 12.5. The number of aliphatic hydroxyl groups excluding tert-OH is 2. The van der Waals surface area contributed by atoms with Crippen LogP contribution >= 0.6 is 0 Å². The van der Waals surface area contributed by atoms with Crippen molar-refractivity contribution in [3.8, 4) is 11.1 Å². The Morgan fingerprint density at radius 3 is 1.81 bits per heavy atom. The number of rotatable bonds is 15. The molecule has 0 bridgehead atoms. The third-order valence-electron chi connectivity index (χ3n) is 5.97. The summed E-state index contributed by atoms with van der Waals surface area (Å²) in [5, 5.41) is 37.3. The van der Waals surface area contributed by atoms with Crippen LogP contribution in [0.5, 0.6) is 0 Å². The molecule has 0 heterocycles. The molecule has 2 aromatic carbocycles. The van der Waals surface area contributed by atoms with Crippen LogP contribution in [0.2, 0.25) is 0 Å². The quantitative estimate of drug-likeness (QED) is 0.0622. The minimum Gasteiger partial charge on any atom is -0.483 e. The van der Waals surface area contributed by atoms with Crippen LogP contribution in [-0.4, -0.2) is 45.5 Å². The maximum Gasteiger partial charge on any atom is 0.290 e. The van der Waals surface area contributed by atoms with Gasteiger partial charge in [-0.2, -0.15) is 0 Å². The van der Waals surface area contributed by atoms with Gasteiger partial charge in [-0.3, -0.25) is 15.3 Å². The number of aryl methyl sites for hydroxylation is 3. The van der Waals surface area contributed by atoms with Crippen LogP contribution in [0.1, 0.15) is 68.6 Å². The van der Waals surface area contributed by atoms with Crippen molar-refractivity contribution in [3.63, 3.8) is 0 Å². The van der Waals surface area contributed by atoms with Crippen LogP contribution in [0, 0.1) is 0 Å². The summed E-state index contributed by atoms with van der Waals surface area (Å²) in [6.07, 6.45) is 11.0. The second kappa shape index (κ2) is 21.5. The zero-order chi connectivity index (χ0) is 27.2. The molecule has 0 unspecified atom stereocenters. The molecule has 0 aliphatic rings. The van der Waals surface area contributed by atoms with Gasteiger partial charge in [-0.25, -0.2) is 0 Å². The van der Waals surface area contributed by atoms with E-state index < -0.39 is 0 Å². The van der Waals surface area contributed by atoms with Gasteiger partial charge < -0.3 is 15.3 Å². The molecule has 0 aliphatic carbocycles. The second-order valence-corrected chi connectivity index (χ2v) is 8.77. The lowest BCUT2D eigenvalue weighted by Gasteiger charge is -2.14. The Morgan fingerprint density at radius 1 is 0.778 bits per heavy atom. The number of aliphatic hydroxyl groups is 2. The molecule has 0 saturated carbocycles. The monoisotopic (exact) mass is 500 g/mol. The molecule has 6 nitrogen and oxygen atoms in total. The van der Waals surface area contributed by atoms with Crippen molar-refractivity contribution in [3.05, 3.63) is 83.5 Å². The van der Waals surface area contributed by atoms with Gasteiger partial charge in [0.15, 0.2) is 0 Å².